The number of benzene rings is 1. The fourth-order valence-corrected chi connectivity index (χ4v) is 4.05. The summed E-state index contributed by atoms with van der Waals surface area (Å²) in [5, 5.41) is 10.7. The smallest absolute Gasteiger partial charge is 0.0541 e. The van der Waals surface area contributed by atoms with Crippen LogP contribution in [0.15, 0.2) is 48.7 Å². The van der Waals surface area contributed by atoms with Crippen LogP contribution in [0, 0.1) is 0 Å². The summed E-state index contributed by atoms with van der Waals surface area (Å²) >= 11 is 0. The number of hydrogen-bond acceptors (Lipinski definition) is 5. The second-order valence-electron chi connectivity index (χ2n) is 8.61. The monoisotopic (exact) mass is 423 g/mol. The van der Waals surface area contributed by atoms with E-state index in [1.165, 1.54) is 43.2 Å². The predicted molar refractivity (Wildman–Crippen MR) is 130 cm³/mol. The van der Waals surface area contributed by atoms with E-state index >= 15 is 0 Å². The molecule has 5 heteroatoms. The van der Waals surface area contributed by atoms with Crippen LogP contribution in [0.1, 0.15) is 48.9 Å². The molecule has 170 valence electrons. The second-order valence-corrected chi connectivity index (χ2v) is 8.61. The van der Waals surface area contributed by atoms with Gasteiger partial charge < -0.3 is 16.0 Å². The Morgan fingerprint density at radius 1 is 0.774 bits per heavy atom. The van der Waals surface area contributed by atoms with Crippen molar-refractivity contribution in [1.29, 1.82) is 0 Å². The molecule has 5 nitrogen and oxygen atoms in total. The second kappa shape index (κ2) is 15.1. The van der Waals surface area contributed by atoms with Crippen LogP contribution in [0.25, 0.3) is 0 Å². The highest BCUT2D eigenvalue weighted by molar-refractivity contribution is 5.22. The average Bonchev–Trinajstić information content (AvgIpc) is 2.81. The lowest BCUT2D eigenvalue weighted by Crippen LogP contribution is -2.37. The minimum Gasteiger partial charge on any atom is -0.315 e. The maximum Gasteiger partial charge on any atom is 0.0541 e. The topological polar surface area (TPSA) is 52.2 Å². The first-order valence-electron chi connectivity index (χ1n) is 12.2. The average molecular weight is 424 g/mol. The van der Waals surface area contributed by atoms with Gasteiger partial charge >= 0.3 is 0 Å². The SMILES string of the molecule is c1ccc(CNCCc2ccc(CN3CCNCCCCCCCNCC3)cc2)nc1. The lowest BCUT2D eigenvalue weighted by molar-refractivity contribution is 0.263. The minimum atomic E-state index is 0.829. The lowest BCUT2D eigenvalue weighted by Gasteiger charge is -2.23. The van der Waals surface area contributed by atoms with Gasteiger partial charge in [0.15, 0.2) is 0 Å². The lowest BCUT2D eigenvalue weighted by atomic mass is 10.1. The van der Waals surface area contributed by atoms with Crippen molar-refractivity contribution in [2.24, 2.45) is 0 Å². The third-order valence-electron chi connectivity index (χ3n) is 5.97. The summed E-state index contributed by atoms with van der Waals surface area (Å²) in [4.78, 5) is 6.94. The number of aromatic nitrogens is 1. The van der Waals surface area contributed by atoms with Crippen LogP contribution in [0.4, 0.5) is 0 Å². The molecule has 1 fully saturated rings. The quantitative estimate of drug-likeness (QED) is 0.596. The zero-order valence-electron chi connectivity index (χ0n) is 19.1. The van der Waals surface area contributed by atoms with Crippen molar-refractivity contribution in [3.8, 4) is 0 Å². The molecule has 0 saturated carbocycles. The molecular weight excluding hydrogens is 382 g/mol. The summed E-state index contributed by atoms with van der Waals surface area (Å²) in [5.41, 5.74) is 3.90. The molecule has 0 radical (unpaired) electrons. The Kier molecular flexibility index (Phi) is 11.6. The highest BCUT2D eigenvalue weighted by atomic mass is 15.1. The van der Waals surface area contributed by atoms with E-state index < -0.39 is 0 Å². The highest BCUT2D eigenvalue weighted by Gasteiger charge is 2.07. The fourth-order valence-electron chi connectivity index (χ4n) is 4.05. The van der Waals surface area contributed by atoms with Crippen LogP contribution < -0.4 is 16.0 Å². The van der Waals surface area contributed by atoms with Gasteiger partial charge in [0.2, 0.25) is 0 Å². The van der Waals surface area contributed by atoms with Crippen molar-refractivity contribution in [3.63, 3.8) is 0 Å². The van der Waals surface area contributed by atoms with Gasteiger partial charge in [-0.3, -0.25) is 9.88 Å². The predicted octanol–water partition coefficient (Wildman–Crippen LogP) is 3.36. The van der Waals surface area contributed by atoms with Crippen molar-refractivity contribution >= 4 is 0 Å². The molecule has 0 amide bonds. The number of hydrogen-bond donors (Lipinski definition) is 3. The molecule has 1 aliphatic rings. The summed E-state index contributed by atoms with van der Waals surface area (Å²) in [7, 11) is 0. The zero-order chi connectivity index (χ0) is 21.4. The van der Waals surface area contributed by atoms with E-state index in [1.54, 1.807) is 0 Å². The molecular formula is C26H41N5. The van der Waals surface area contributed by atoms with E-state index in [0.29, 0.717) is 0 Å². The van der Waals surface area contributed by atoms with Gasteiger partial charge in [0.05, 0.1) is 5.69 Å². The minimum absolute atomic E-state index is 0.829. The Morgan fingerprint density at radius 3 is 2.13 bits per heavy atom. The maximum absolute atomic E-state index is 4.36. The molecule has 0 unspecified atom stereocenters. The van der Waals surface area contributed by atoms with Gasteiger partial charge in [-0.15, -0.1) is 0 Å². The van der Waals surface area contributed by atoms with Gasteiger partial charge in [-0.2, -0.15) is 0 Å². The van der Waals surface area contributed by atoms with Gasteiger partial charge in [0, 0.05) is 45.5 Å². The number of rotatable bonds is 7. The van der Waals surface area contributed by atoms with E-state index in [2.05, 4.69) is 56.2 Å². The third kappa shape index (κ3) is 10.4. The summed E-state index contributed by atoms with van der Waals surface area (Å²) in [6.45, 7) is 9.54. The van der Waals surface area contributed by atoms with Crippen molar-refractivity contribution in [1.82, 2.24) is 25.8 Å². The third-order valence-corrected chi connectivity index (χ3v) is 5.97. The van der Waals surface area contributed by atoms with Gasteiger partial charge in [-0.05, 0) is 62.2 Å². The molecule has 1 saturated heterocycles. The maximum atomic E-state index is 4.36. The molecule has 1 aromatic carbocycles. The zero-order valence-corrected chi connectivity index (χ0v) is 19.1. The molecule has 3 N–H and O–H groups in total. The standard InChI is InChI=1S/C26H41N5/c1-2-5-14-27-18-20-31(21-19-28-15-6-3-1)23-25-11-9-24(10-12-25)13-17-29-22-26-8-4-7-16-30-26/h4,7-12,16,27-29H,1-3,5-6,13-15,17-23H2. The Hall–Kier alpha value is -1.79. The molecule has 31 heavy (non-hydrogen) atoms. The van der Waals surface area contributed by atoms with E-state index in [4.69, 9.17) is 0 Å². The molecule has 0 spiro atoms. The summed E-state index contributed by atoms with van der Waals surface area (Å²) in [6.07, 6.45) is 9.62. The van der Waals surface area contributed by atoms with Crippen LogP contribution in [-0.4, -0.2) is 55.7 Å². The first kappa shape index (κ1) is 23.9. The Balaban J connectivity index is 1.39. The normalized spacial score (nSPS) is 17.8. The first-order chi connectivity index (χ1) is 15.4. The van der Waals surface area contributed by atoms with Crippen LogP contribution in [-0.2, 0) is 19.5 Å². The van der Waals surface area contributed by atoms with Crippen molar-refractivity contribution in [2.45, 2.75) is 51.6 Å². The molecule has 3 rings (SSSR count). The van der Waals surface area contributed by atoms with Crippen LogP contribution in [0.5, 0.6) is 0 Å². The summed E-state index contributed by atoms with van der Waals surface area (Å²) < 4.78 is 0. The van der Waals surface area contributed by atoms with Crippen LogP contribution in [0.2, 0.25) is 0 Å². The van der Waals surface area contributed by atoms with Crippen LogP contribution in [0.3, 0.4) is 0 Å². The fraction of sp³-hybridized carbons (Fsp3) is 0.577. The molecule has 0 bridgehead atoms. The molecule has 1 aromatic heterocycles. The van der Waals surface area contributed by atoms with Crippen molar-refractivity contribution < 1.29 is 0 Å². The molecule has 0 atom stereocenters. The Labute approximate surface area is 189 Å². The van der Waals surface area contributed by atoms with Crippen LogP contribution >= 0.6 is 0 Å². The Morgan fingerprint density at radius 2 is 1.45 bits per heavy atom. The van der Waals surface area contributed by atoms with Gasteiger partial charge in [0.1, 0.15) is 0 Å². The first-order valence-corrected chi connectivity index (χ1v) is 12.2. The number of nitrogens with zero attached hydrogens (tertiary/aromatic N) is 2. The van der Waals surface area contributed by atoms with Crippen molar-refractivity contribution in [3.05, 3.63) is 65.5 Å². The summed E-state index contributed by atoms with van der Waals surface area (Å²) in [6, 6.07) is 15.3. The molecule has 1 aliphatic heterocycles. The van der Waals surface area contributed by atoms with Gasteiger partial charge in [-0.1, -0.05) is 49.6 Å². The van der Waals surface area contributed by atoms with Crippen molar-refractivity contribution in [2.75, 3.05) is 45.8 Å². The number of nitrogens with one attached hydrogen (secondary N) is 3. The van der Waals surface area contributed by atoms with E-state index in [9.17, 15) is 0 Å². The molecule has 0 aliphatic carbocycles. The Bertz CT molecular complexity index is 675. The van der Waals surface area contributed by atoms with Gasteiger partial charge in [-0.25, -0.2) is 0 Å². The summed E-state index contributed by atoms with van der Waals surface area (Å²) in [5.74, 6) is 0. The van der Waals surface area contributed by atoms with E-state index in [-0.39, 0.29) is 0 Å². The van der Waals surface area contributed by atoms with E-state index in [1.807, 2.05) is 18.3 Å². The molecule has 2 aromatic rings. The highest BCUT2D eigenvalue weighted by Crippen LogP contribution is 2.09. The largest absolute Gasteiger partial charge is 0.315 e. The van der Waals surface area contributed by atoms with Gasteiger partial charge in [0.25, 0.3) is 0 Å². The van der Waals surface area contributed by atoms with E-state index in [0.717, 1.165) is 71.0 Å². The number of pyridine rings is 1. The molecule has 2 heterocycles.